The summed E-state index contributed by atoms with van der Waals surface area (Å²) in [5.41, 5.74) is -3.94. The number of hydrogen-bond acceptors (Lipinski definition) is 1. The number of halogens is 7. The van der Waals surface area contributed by atoms with E-state index in [4.69, 9.17) is 0 Å². The van der Waals surface area contributed by atoms with Crippen LogP contribution in [0.15, 0.2) is 6.07 Å². The first-order chi connectivity index (χ1) is 6.73. The van der Waals surface area contributed by atoms with Gasteiger partial charge in [-0.3, -0.25) is 0 Å². The van der Waals surface area contributed by atoms with E-state index in [0.29, 0.717) is 0 Å². The van der Waals surface area contributed by atoms with E-state index >= 15 is 0 Å². The normalized spacial score (nSPS) is 12.3. The molecule has 0 saturated heterocycles. The molecule has 0 saturated carbocycles. The van der Waals surface area contributed by atoms with Crippen molar-refractivity contribution in [3.8, 4) is 0 Å². The molecule has 0 unspecified atom stereocenters. The maximum absolute atomic E-state index is 12.8. The zero-order chi connectivity index (χ0) is 11.8. The van der Waals surface area contributed by atoms with Gasteiger partial charge in [-0.05, 0) is 0 Å². The second-order valence-electron chi connectivity index (χ2n) is 2.50. The average Bonchev–Trinajstić information content (AvgIpc) is 2.06. The number of nitrogens with zero attached hydrogens (tertiary/aromatic N) is 1. The lowest BCUT2D eigenvalue weighted by atomic mass is 10.2. The van der Waals surface area contributed by atoms with Crippen LogP contribution in [0, 0.1) is 11.8 Å². The average molecular weight is 233 g/mol. The summed E-state index contributed by atoms with van der Waals surface area (Å²) in [5, 5.41) is 0. The Labute approximate surface area is 78.5 Å². The summed E-state index contributed by atoms with van der Waals surface area (Å²) >= 11 is 0. The van der Waals surface area contributed by atoms with Gasteiger partial charge in [-0.1, -0.05) is 0 Å². The summed E-state index contributed by atoms with van der Waals surface area (Å²) in [7, 11) is 0. The Morgan fingerprint density at radius 3 is 2.07 bits per heavy atom. The second-order valence-corrected chi connectivity index (χ2v) is 2.50. The van der Waals surface area contributed by atoms with E-state index in [2.05, 4.69) is 4.98 Å². The molecule has 0 bridgehead atoms. The lowest BCUT2D eigenvalue weighted by molar-refractivity contribution is -0.144. The van der Waals surface area contributed by atoms with Crippen LogP contribution in [-0.4, -0.2) is 4.98 Å². The lowest BCUT2D eigenvalue weighted by Gasteiger charge is -2.09. The van der Waals surface area contributed by atoms with Crippen molar-refractivity contribution in [1.82, 2.24) is 4.98 Å². The van der Waals surface area contributed by atoms with E-state index < -0.39 is 35.6 Å². The largest absolute Gasteiger partial charge is 0.436 e. The second kappa shape index (κ2) is 3.67. The monoisotopic (exact) mass is 233 g/mol. The first-order valence-electron chi connectivity index (χ1n) is 3.44. The van der Waals surface area contributed by atoms with Crippen LogP contribution in [0.2, 0.25) is 0 Å². The molecule has 0 spiro atoms. The number of alkyl halides is 5. The summed E-state index contributed by atoms with van der Waals surface area (Å²) in [6, 6.07) is -0.0742. The first-order valence-corrected chi connectivity index (χ1v) is 3.44. The molecule has 84 valence electrons. The summed E-state index contributed by atoms with van der Waals surface area (Å²) in [5.74, 6) is -4.06. The fourth-order valence-corrected chi connectivity index (χ4v) is 0.863. The molecule has 0 aliphatic carbocycles. The van der Waals surface area contributed by atoms with Gasteiger partial charge in [-0.2, -0.15) is 17.6 Å². The van der Waals surface area contributed by atoms with Crippen molar-refractivity contribution in [1.29, 1.82) is 0 Å². The smallest absolute Gasteiger partial charge is 0.212 e. The third-order valence-electron chi connectivity index (χ3n) is 1.46. The molecule has 1 nitrogen and oxygen atoms in total. The van der Waals surface area contributed by atoms with Gasteiger partial charge in [0.2, 0.25) is 5.95 Å². The molecule has 8 heteroatoms. The van der Waals surface area contributed by atoms with Gasteiger partial charge in [0.1, 0.15) is 0 Å². The fraction of sp³-hybridized carbons (Fsp3) is 0.286. The van der Waals surface area contributed by atoms with Crippen LogP contribution in [-0.2, 0) is 6.18 Å². The van der Waals surface area contributed by atoms with E-state index in [9.17, 15) is 30.7 Å². The Morgan fingerprint density at radius 1 is 1.13 bits per heavy atom. The SMILES string of the molecule is Fc1cc(C(F)F)c(F)c(C(F)(F)F)n1. The zero-order valence-electron chi connectivity index (χ0n) is 6.75. The van der Waals surface area contributed by atoms with Gasteiger partial charge >= 0.3 is 6.18 Å². The molecule has 0 aromatic carbocycles. The van der Waals surface area contributed by atoms with Crippen LogP contribution >= 0.6 is 0 Å². The van der Waals surface area contributed by atoms with Gasteiger partial charge < -0.3 is 0 Å². The fourth-order valence-electron chi connectivity index (χ4n) is 0.863. The molecule has 15 heavy (non-hydrogen) atoms. The van der Waals surface area contributed by atoms with E-state index in [0.717, 1.165) is 0 Å². The molecule has 0 radical (unpaired) electrons. The summed E-state index contributed by atoms with van der Waals surface area (Å²) in [6.45, 7) is 0. The van der Waals surface area contributed by atoms with Gasteiger partial charge in [-0.15, -0.1) is 0 Å². The van der Waals surface area contributed by atoms with Crippen molar-refractivity contribution >= 4 is 0 Å². The molecule has 0 atom stereocenters. The Kier molecular flexibility index (Phi) is 2.87. The molecular formula is C7H2F7N. The van der Waals surface area contributed by atoms with Crippen molar-refractivity contribution in [2.45, 2.75) is 12.6 Å². The van der Waals surface area contributed by atoms with E-state index in [1.165, 1.54) is 0 Å². The number of hydrogen-bond donors (Lipinski definition) is 0. The third kappa shape index (κ3) is 2.37. The van der Waals surface area contributed by atoms with Crippen molar-refractivity contribution in [2.75, 3.05) is 0 Å². The van der Waals surface area contributed by atoms with Gasteiger partial charge in [-0.25, -0.2) is 18.2 Å². The Hall–Kier alpha value is -1.34. The predicted molar refractivity (Wildman–Crippen MR) is 34.1 cm³/mol. The van der Waals surface area contributed by atoms with Crippen molar-refractivity contribution in [3.63, 3.8) is 0 Å². The van der Waals surface area contributed by atoms with Crippen molar-refractivity contribution < 1.29 is 30.7 Å². The molecule has 0 fully saturated rings. The number of rotatable bonds is 1. The molecule has 1 aromatic rings. The van der Waals surface area contributed by atoms with Gasteiger partial charge in [0, 0.05) is 6.07 Å². The molecule has 0 N–H and O–H groups in total. The molecule has 1 aromatic heterocycles. The van der Waals surface area contributed by atoms with Crippen molar-refractivity contribution in [2.24, 2.45) is 0 Å². The number of aromatic nitrogens is 1. The van der Waals surface area contributed by atoms with Crippen LogP contribution in [0.5, 0.6) is 0 Å². The zero-order valence-corrected chi connectivity index (χ0v) is 6.75. The first kappa shape index (κ1) is 11.7. The summed E-state index contributed by atoms with van der Waals surface area (Å²) in [4.78, 5) is 2.19. The van der Waals surface area contributed by atoms with E-state index in [-0.39, 0.29) is 6.07 Å². The lowest BCUT2D eigenvalue weighted by Crippen LogP contribution is -2.14. The van der Waals surface area contributed by atoms with Crippen LogP contribution in [0.3, 0.4) is 0 Å². The van der Waals surface area contributed by atoms with Crippen LogP contribution < -0.4 is 0 Å². The highest BCUT2D eigenvalue weighted by atomic mass is 19.4. The Balaban J connectivity index is 3.42. The predicted octanol–water partition coefficient (Wildman–Crippen LogP) is 3.32. The molecule has 0 aliphatic heterocycles. The topological polar surface area (TPSA) is 12.9 Å². The molecule has 1 rings (SSSR count). The molecule has 0 amide bonds. The Bertz CT molecular complexity index is 370. The minimum absolute atomic E-state index is 0.0742. The molecule has 0 aliphatic rings. The van der Waals surface area contributed by atoms with Crippen molar-refractivity contribution in [3.05, 3.63) is 29.1 Å². The molecule has 1 heterocycles. The maximum Gasteiger partial charge on any atom is 0.436 e. The van der Waals surface area contributed by atoms with Gasteiger partial charge in [0.05, 0.1) is 5.56 Å². The van der Waals surface area contributed by atoms with E-state index in [1.807, 2.05) is 0 Å². The highest BCUT2D eigenvalue weighted by molar-refractivity contribution is 5.23. The Morgan fingerprint density at radius 2 is 1.67 bits per heavy atom. The standard InChI is InChI=1S/C7H2F7N/c8-3-1-2(6(10)11)4(9)5(15-3)7(12,13)14/h1,6H. The summed E-state index contributed by atoms with van der Waals surface area (Å²) in [6.07, 6.45) is -8.85. The van der Waals surface area contributed by atoms with E-state index in [1.54, 1.807) is 0 Å². The van der Waals surface area contributed by atoms with Crippen LogP contribution in [0.1, 0.15) is 17.7 Å². The van der Waals surface area contributed by atoms with Gasteiger partial charge in [0.15, 0.2) is 11.5 Å². The van der Waals surface area contributed by atoms with Gasteiger partial charge in [0.25, 0.3) is 6.43 Å². The number of pyridine rings is 1. The van der Waals surface area contributed by atoms with Crippen LogP contribution in [0.25, 0.3) is 0 Å². The quantitative estimate of drug-likeness (QED) is 0.535. The summed E-state index contributed by atoms with van der Waals surface area (Å²) < 4.78 is 85.0. The highest BCUT2D eigenvalue weighted by Gasteiger charge is 2.39. The molecular weight excluding hydrogens is 231 g/mol. The maximum atomic E-state index is 12.8. The highest BCUT2D eigenvalue weighted by Crippen LogP contribution is 2.33. The third-order valence-corrected chi connectivity index (χ3v) is 1.46. The van der Waals surface area contributed by atoms with Crippen LogP contribution in [0.4, 0.5) is 30.7 Å². The minimum atomic E-state index is -5.31. The minimum Gasteiger partial charge on any atom is -0.212 e.